The van der Waals surface area contributed by atoms with Crippen LogP contribution in [0.15, 0.2) is 66.7 Å². The molecule has 0 spiro atoms. The van der Waals surface area contributed by atoms with E-state index in [1.807, 2.05) is 0 Å². The van der Waals surface area contributed by atoms with Crippen molar-refractivity contribution in [1.29, 1.82) is 0 Å². The first kappa shape index (κ1) is 17.5. The predicted octanol–water partition coefficient (Wildman–Crippen LogP) is 7.58. The lowest BCUT2D eigenvalue weighted by atomic mass is 9.81. The molecule has 0 nitrogen and oxygen atoms in total. The molecule has 0 heteroatoms. The van der Waals surface area contributed by atoms with Crippen LogP contribution < -0.4 is 0 Å². The van der Waals surface area contributed by atoms with Gasteiger partial charge in [0.05, 0.1) is 0 Å². The molecule has 0 fully saturated rings. The number of hydrogen-bond donors (Lipinski definition) is 0. The summed E-state index contributed by atoms with van der Waals surface area (Å²) >= 11 is 0. The fourth-order valence-electron chi connectivity index (χ4n) is 3.64. The third-order valence-electron chi connectivity index (χ3n) is 4.87. The van der Waals surface area contributed by atoms with E-state index in [9.17, 15) is 0 Å². The Labute approximate surface area is 152 Å². The van der Waals surface area contributed by atoms with Crippen molar-refractivity contribution < 1.29 is 0 Å². The maximum Gasteiger partial charge on any atom is -0.00997 e. The Kier molecular flexibility index (Phi) is 5.08. The SMILES string of the molecule is Cc1cc(C(C)C)c(-c2ccccc2-c2ccccc2)c(C(C)C)c1. The van der Waals surface area contributed by atoms with Crippen LogP contribution in [0.1, 0.15) is 56.2 Å². The molecule has 0 amide bonds. The zero-order chi connectivity index (χ0) is 18.0. The Balaban J connectivity index is 2.34. The smallest absolute Gasteiger partial charge is 0.00997 e. The fraction of sp³-hybridized carbons (Fsp3) is 0.280. The van der Waals surface area contributed by atoms with Crippen molar-refractivity contribution in [2.24, 2.45) is 0 Å². The summed E-state index contributed by atoms with van der Waals surface area (Å²) in [7, 11) is 0. The third-order valence-corrected chi connectivity index (χ3v) is 4.87. The molecule has 0 unspecified atom stereocenters. The van der Waals surface area contributed by atoms with E-state index >= 15 is 0 Å². The molecule has 3 aromatic carbocycles. The van der Waals surface area contributed by atoms with Gasteiger partial charge in [-0.2, -0.15) is 0 Å². The second-order valence-corrected chi connectivity index (χ2v) is 7.54. The van der Waals surface area contributed by atoms with Crippen molar-refractivity contribution >= 4 is 0 Å². The second-order valence-electron chi connectivity index (χ2n) is 7.54. The molecule has 0 N–H and O–H groups in total. The highest BCUT2D eigenvalue weighted by molar-refractivity contribution is 5.87. The van der Waals surface area contributed by atoms with Crippen LogP contribution in [0.2, 0.25) is 0 Å². The molecular formula is C25H28. The van der Waals surface area contributed by atoms with Gasteiger partial charge in [0.25, 0.3) is 0 Å². The van der Waals surface area contributed by atoms with E-state index in [4.69, 9.17) is 0 Å². The lowest BCUT2D eigenvalue weighted by Gasteiger charge is -2.23. The summed E-state index contributed by atoms with van der Waals surface area (Å²) in [6.07, 6.45) is 0. The minimum Gasteiger partial charge on any atom is -0.0622 e. The van der Waals surface area contributed by atoms with Crippen LogP contribution in [0.25, 0.3) is 22.3 Å². The van der Waals surface area contributed by atoms with E-state index in [2.05, 4.69) is 101 Å². The van der Waals surface area contributed by atoms with E-state index in [0.717, 1.165) is 0 Å². The van der Waals surface area contributed by atoms with E-state index in [-0.39, 0.29) is 0 Å². The zero-order valence-electron chi connectivity index (χ0n) is 16.0. The molecule has 0 bridgehead atoms. The molecule has 0 aliphatic rings. The molecule has 0 aliphatic heterocycles. The lowest BCUT2D eigenvalue weighted by molar-refractivity contribution is 0.835. The van der Waals surface area contributed by atoms with Gasteiger partial charge in [-0.3, -0.25) is 0 Å². The normalized spacial score (nSPS) is 11.3. The Bertz CT molecular complexity index is 825. The van der Waals surface area contributed by atoms with Crippen molar-refractivity contribution in [2.45, 2.75) is 46.5 Å². The van der Waals surface area contributed by atoms with E-state index in [0.29, 0.717) is 11.8 Å². The van der Waals surface area contributed by atoms with Crippen LogP contribution in [0.3, 0.4) is 0 Å². The van der Waals surface area contributed by atoms with Crippen molar-refractivity contribution in [3.63, 3.8) is 0 Å². The standard InChI is InChI=1S/C25H28/c1-17(2)23-15-19(5)16-24(18(3)4)25(23)22-14-10-9-13-21(22)20-11-7-6-8-12-20/h6-18H,1-5H3. The topological polar surface area (TPSA) is 0 Å². The average Bonchev–Trinajstić information content (AvgIpc) is 2.61. The number of rotatable bonds is 4. The summed E-state index contributed by atoms with van der Waals surface area (Å²) in [5.41, 5.74) is 9.63. The maximum atomic E-state index is 2.37. The molecule has 128 valence electrons. The summed E-state index contributed by atoms with van der Waals surface area (Å²) in [6, 6.07) is 24.3. The van der Waals surface area contributed by atoms with Gasteiger partial charge in [-0.1, -0.05) is 100.0 Å². The van der Waals surface area contributed by atoms with Crippen molar-refractivity contribution in [3.8, 4) is 22.3 Å². The van der Waals surface area contributed by atoms with Crippen LogP contribution in [-0.2, 0) is 0 Å². The molecule has 0 aliphatic carbocycles. The average molecular weight is 328 g/mol. The molecule has 25 heavy (non-hydrogen) atoms. The first-order chi connectivity index (χ1) is 12.0. The zero-order valence-corrected chi connectivity index (χ0v) is 16.0. The Morgan fingerprint density at radius 3 is 1.60 bits per heavy atom. The van der Waals surface area contributed by atoms with Gasteiger partial charge in [-0.25, -0.2) is 0 Å². The van der Waals surface area contributed by atoms with Gasteiger partial charge >= 0.3 is 0 Å². The van der Waals surface area contributed by atoms with Gasteiger partial charge in [-0.15, -0.1) is 0 Å². The summed E-state index contributed by atoms with van der Waals surface area (Å²) in [4.78, 5) is 0. The lowest BCUT2D eigenvalue weighted by Crippen LogP contribution is -2.02. The fourth-order valence-corrected chi connectivity index (χ4v) is 3.64. The Hall–Kier alpha value is -2.34. The first-order valence-corrected chi connectivity index (χ1v) is 9.28. The van der Waals surface area contributed by atoms with Crippen molar-refractivity contribution in [1.82, 2.24) is 0 Å². The molecule has 3 aromatic rings. The highest BCUT2D eigenvalue weighted by atomic mass is 14.2. The summed E-state index contributed by atoms with van der Waals surface area (Å²) in [5.74, 6) is 0.993. The predicted molar refractivity (Wildman–Crippen MR) is 110 cm³/mol. The number of benzene rings is 3. The molecule has 0 saturated heterocycles. The molecule has 0 atom stereocenters. The quantitative estimate of drug-likeness (QED) is 0.463. The number of hydrogen-bond acceptors (Lipinski definition) is 0. The van der Waals surface area contributed by atoms with Crippen LogP contribution in [0.4, 0.5) is 0 Å². The van der Waals surface area contributed by atoms with Crippen LogP contribution in [0, 0.1) is 6.92 Å². The summed E-state index contributed by atoms with van der Waals surface area (Å²) in [5, 5.41) is 0. The maximum absolute atomic E-state index is 2.37. The molecule has 0 radical (unpaired) electrons. The van der Waals surface area contributed by atoms with Crippen molar-refractivity contribution in [3.05, 3.63) is 83.4 Å². The van der Waals surface area contributed by atoms with E-state index in [1.165, 1.54) is 38.9 Å². The summed E-state index contributed by atoms with van der Waals surface area (Å²) in [6.45, 7) is 11.4. The Morgan fingerprint density at radius 2 is 1.08 bits per heavy atom. The minimum atomic E-state index is 0.497. The summed E-state index contributed by atoms with van der Waals surface area (Å²) < 4.78 is 0. The van der Waals surface area contributed by atoms with Gasteiger partial charge in [0.15, 0.2) is 0 Å². The number of aryl methyl sites for hydroxylation is 1. The Morgan fingerprint density at radius 1 is 0.600 bits per heavy atom. The van der Waals surface area contributed by atoms with Crippen LogP contribution >= 0.6 is 0 Å². The second kappa shape index (κ2) is 7.27. The highest BCUT2D eigenvalue weighted by Gasteiger charge is 2.19. The van der Waals surface area contributed by atoms with E-state index in [1.54, 1.807) is 0 Å². The van der Waals surface area contributed by atoms with Gasteiger partial charge < -0.3 is 0 Å². The highest BCUT2D eigenvalue weighted by Crippen LogP contribution is 2.41. The van der Waals surface area contributed by atoms with Gasteiger partial charge in [-0.05, 0) is 52.1 Å². The molecular weight excluding hydrogens is 300 g/mol. The largest absolute Gasteiger partial charge is 0.0622 e. The van der Waals surface area contributed by atoms with Crippen LogP contribution in [-0.4, -0.2) is 0 Å². The van der Waals surface area contributed by atoms with Gasteiger partial charge in [0.1, 0.15) is 0 Å². The third kappa shape index (κ3) is 3.54. The molecule has 0 saturated carbocycles. The monoisotopic (exact) mass is 328 g/mol. The molecule has 0 heterocycles. The van der Waals surface area contributed by atoms with E-state index < -0.39 is 0 Å². The van der Waals surface area contributed by atoms with Crippen LogP contribution in [0.5, 0.6) is 0 Å². The van der Waals surface area contributed by atoms with Gasteiger partial charge in [0, 0.05) is 0 Å². The molecule has 3 rings (SSSR count). The van der Waals surface area contributed by atoms with Gasteiger partial charge in [0.2, 0.25) is 0 Å². The first-order valence-electron chi connectivity index (χ1n) is 9.28. The molecule has 0 aromatic heterocycles. The van der Waals surface area contributed by atoms with Crippen molar-refractivity contribution in [2.75, 3.05) is 0 Å². The minimum absolute atomic E-state index is 0.497.